The second-order valence-corrected chi connectivity index (χ2v) is 14.0. The van der Waals surface area contributed by atoms with E-state index in [1.807, 2.05) is 41.3 Å². The van der Waals surface area contributed by atoms with Crippen LogP contribution in [0.2, 0.25) is 0 Å². The molecule has 0 fully saturated rings. The SMILES string of the molecule is C=C(C)C(=O)OCCN(CCOC(=O)C(=C)C)Cc1ccc(-c2c3ccc(=[N+](CC)CC)cc-3oc3cc(N(CC)CC)ccc23)c(S(=O)(=O)O)c1. The van der Waals surface area contributed by atoms with Gasteiger partial charge in [0.15, 0.2) is 0 Å². The molecule has 1 aliphatic carbocycles. The largest absolute Gasteiger partial charge is 0.461 e. The summed E-state index contributed by atoms with van der Waals surface area (Å²) in [7, 11) is -4.74. The number of carbonyl (C=O) groups is 2. The van der Waals surface area contributed by atoms with Crippen LogP contribution in [0.15, 0.2) is 88.2 Å². The second kappa shape index (κ2) is 17.6. The van der Waals surface area contributed by atoms with Crippen molar-refractivity contribution >= 4 is 38.7 Å². The Balaban J connectivity index is 1.87. The molecule has 52 heavy (non-hydrogen) atoms. The number of anilines is 1. The summed E-state index contributed by atoms with van der Waals surface area (Å²) >= 11 is 0. The topological polar surface area (TPSA) is 130 Å². The van der Waals surface area contributed by atoms with Crippen molar-refractivity contribution in [1.29, 1.82) is 0 Å². The zero-order chi connectivity index (χ0) is 38.2. The lowest BCUT2D eigenvalue weighted by Gasteiger charge is -2.24. The van der Waals surface area contributed by atoms with E-state index in [0.717, 1.165) is 37.2 Å². The highest BCUT2D eigenvalue weighted by Gasteiger charge is 2.25. The molecule has 0 saturated heterocycles. The number of nitrogens with zero attached hydrogens (tertiary/aromatic N) is 3. The molecule has 1 heterocycles. The van der Waals surface area contributed by atoms with Gasteiger partial charge in [-0.15, -0.1) is 0 Å². The lowest BCUT2D eigenvalue weighted by Crippen LogP contribution is -2.32. The molecule has 0 saturated carbocycles. The van der Waals surface area contributed by atoms with Gasteiger partial charge in [-0.25, -0.2) is 14.2 Å². The summed E-state index contributed by atoms with van der Waals surface area (Å²) in [4.78, 5) is 27.8. The molecule has 1 aliphatic heterocycles. The molecule has 2 aromatic rings. The van der Waals surface area contributed by atoms with Gasteiger partial charge in [0.1, 0.15) is 42.5 Å². The maximum atomic E-state index is 13.2. The Kier molecular flexibility index (Phi) is 13.6. The summed E-state index contributed by atoms with van der Waals surface area (Å²) in [5, 5.41) is 1.66. The maximum Gasteiger partial charge on any atom is 0.333 e. The summed E-state index contributed by atoms with van der Waals surface area (Å²) < 4.78 is 56.4. The Bertz CT molecular complexity index is 2080. The van der Waals surface area contributed by atoms with Crippen LogP contribution in [-0.4, -0.2) is 82.3 Å². The molecule has 0 spiro atoms. The van der Waals surface area contributed by atoms with Crippen molar-refractivity contribution in [2.75, 3.05) is 57.4 Å². The lowest BCUT2D eigenvalue weighted by molar-refractivity contribution is -0.139. The van der Waals surface area contributed by atoms with Gasteiger partial charge in [-0.05, 0) is 71.4 Å². The van der Waals surface area contributed by atoms with Crippen molar-refractivity contribution in [3.05, 3.63) is 89.8 Å². The van der Waals surface area contributed by atoms with Gasteiger partial charge in [0.25, 0.3) is 10.1 Å². The van der Waals surface area contributed by atoms with Crippen LogP contribution in [-0.2, 0) is 35.7 Å². The number of rotatable bonds is 17. The predicted molar refractivity (Wildman–Crippen MR) is 205 cm³/mol. The highest BCUT2D eigenvalue weighted by molar-refractivity contribution is 7.86. The van der Waals surface area contributed by atoms with E-state index >= 15 is 0 Å². The fraction of sp³-hybridized carbons (Fsp3) is 0.375. The molecule has 0 radical (unpaired) electrons. The minimum Gasteiger partial charge on any atom is -0.461 e. The first-order valence-electron chi connectivity index (χ1n) is 17.5. The number of ether oxygens (including phenoxy) is 2. The van der Waals surface area contributed by atoms with E-state index in [9.17, 15) is 22.6 Å². The number of fused-ring (bicyclic) bond motifs is 2. The molecule has 2 aliphatic rings. The van der Waals surface area contributed by atoms with Gasteiger partial charge in [-0.1, -0.05) is 25.3 Å². The monoisotopic (exact) mass is 732 g/mol. The van der Waals surface area contributed by atoms with Crippen LogP contribution in [0.1, 0.15) is 47.1 Å². The standard InChI is InChI=1S/C40H49N3O8S/c1-9-42(10-2)30-14-17-32-35(24-30)51-36-25-31(43(11-3)12-4)15-18-33(36)38(32)34-16-13-29(23-37(34)52(46,47)48)26-41(19-21-49-39(44)27(5)6)20-22-50-40(45)28(7)8/h13-18,23-25H,5,7,9-12,19-22,26H2,1-4,6,8H3/p+1. The van der Waals surface area contributed by atoms with E-state index in [0.29, 0.717) is 39.0 Å². The fourth-order valence-electron chi connectivity index (χ4n) is 6.12. The molecule has 4 rings (SSSR count). The van der Waals surface area contributed by atoms with Crippen molar-refractivity contribution in [3.63, 3.8) is 0 Å². The van der Waals surface area contributed by atoms with Gasteiger partial charge in [0, 0.05) is 83.8 Å². The van der Waals surface area contributed by atoms with Gasteiger partial charge in [0.05, 0.1) is 6.07 Å². The number of esters is 2. The van der Waals surface area contributed by atoms with E-state index in [1.165, 1.54) is 6.07 Å². The third-order valence-corrected chi connectivity index (χ3v) is 9.82. The van der Waals surface area contributed by atoms with Crippen molar-refractivity contribution in [1.82, 2.24) is 9.48 Å². The van der Waals surface area contributed by atoms with Crippen LogP contribution < -0.4 is 14.8 Å². The van der Waals surface area contributed by atoms with Crippen LogP contribution in [0.25, 0.3) is 33.4 Å². The molecule has 2 aromatic carbocycles. The zero-order valence-electron chi connectivity index (χ0n) is 31.0. The Labute approximate surface area is 306 Å². The first-order chi connectivity index (χ1) is 24.7. The minimum absolute atomic E-state index is 0.0276. The van der Waals surface area contributed by atoms with Crippen LogP contribution in [0.5, 0.6) is 0 Å². The first-order valence-corrected chi connectivity index (χ1v) is 19.0. The number of hydrogen-bond donors (Lipinski definition) is 1. The predicted octanol–water partition coefficient (Wildman–Crippen LogP) is 6.15. The van der Waals surface area contributed by atoms with E-state index in [1.54, 1.807) is 26.0 Å². The summed E-state index contributed by atoms with van der Waals surface area (Å²) in [5.41, 5.74) is 4.26. The average Bonchev–Trinajstić information content (AvgIpc) is 3.10. The van der Waals surface area contributed by atoms with Crippen LogP contribution in [0.3, 0.4) is 0 Å². The zero-order valence-corrected chi connectivity index (χ0v) is 31.8. The maximum absolute atomic E-state index is 13.2. The summed E-state index contributed by atoms with van der Waals surface area (Å²) in [6, 6.07) is 16.7. The number of hydrogen-bond acceptors (Lipinski definition) is 9. The summed E-state index contributed by atoms with van der Waals surface area (Å²) in [6.07, 6.45) is 0. The Morgan fingerprint density at radius 1 is 0.827 bits per heavy atom. The molecule has 0 atom stereocenters. The van der Waals surface area contributed by atoms with Crippen molar-refractivity contribution in [2.45, 2.75) is 53.0 Å². The van der Waals surface area contributed by atoms with Crippen LogP contribution in [0, 0.1) is 0 Å². The second-order valence-electron chi connectivity index (χ2n) is 12.6. The quantitative estimate of drug-likeness (QED) is 0.0444. The third-order valence-electron chi connectivity index (χ3n) is 8.92. The smallest absolute Gasteiger partial charge is 0.333 e. The highest BCUT2D eigenvalue weighted by Crippen LogP contribution is 2.43. The van der Waals surface area contributed by atoms with Crippen molar-refractivity contribution in [3.8, 4) is 22.5 Å². The van der Waals surface area contributed by atoms with Crippen molar-refractivity contribution < 1.29 is 36.5 Å². The van der Waals surface area contributed by atoms with E-state index in [-0.39, 0.29) is 48.9 Å². The lowest BCUT2D eigenvalue weighted by atomic mass is 9.92. The van der Waals surface area contributed by atoms with E-state index in [4.69, 9.17) is 13.9 Å². The first kappa shape index (κ1) is 40.0. The molecule has 12 heteroatoms. The number of benzene rings is 3. The fourth-order valence-corrected chi connectivity index (χ4v) is 6.87. The molecule has 0 aromatic heterocycles. The Morgan fingerprint density at radius 2 is 1.42 bits per heavy atom. The Hall–Kier alpha value is -4.78. The molecule has 0 bridgehead atoms. The molecule has 1 N–H and O–H groups in total. The minimum atomic E-state index is -4.74. The van der Waals surface area contributed by atoms with Crippen LogP contribution in [0.4, 0.5) is 5.69 Å². The summed E-state index contributed by atoms with van der Waals surface area (Å²) in [5.74, 6) is -0.489. The van der Waals surface area contributed by atoms with Gasteiger partial charge < -0.3 is 18.8 Å². The highest BCUT2D eigenvalue weighted by atomic mass is 32.2. The molecule has 0 amide bonds. The number of carbonyl (C=O) groups excluding carboxylic acids is 2. The van der Waals surface area contributed by atoms with E-state index in [2.05, 4.69) is 50.3 Å². The van der Waals surface area contributed by atoms with Gasteiger partial charge in [-0.3, -0.25) is 9.45 Å². The van der Waals surface area contributed by atoms with Gasteiger partial charge >= 0.3 is 11.9 Å². The molecular weight excluding hydrogens is 683 g/mol. The molecule has 0 unspecified atom stereocenters. The third kappa shape index (κ3) is 9.55. The Morgan fingerprint density at radius 3 is 1.96 bits per heavy atom. The van der Waals surface area contributed by atoms with E-state index < -0.39 is 22.1 Å². The molecule has 278 valence electrons. The van der Waals surface area contributed by atoms with Gasteiger partial charge in [0.2, 0.25) is 5.36 Å². The summed E-state index contributed by atoms with van der Waals surface area (Å²) in [6.45, 7) is 22.6. The van der Waals surface area contributed by atoms with Crippen LogP contribution >= 0.6 is 0 Å². The van der Waals surface area contributed by atoms with Crippen molar-refractivity contribution in [2.24, 2.45) is 0 Å². The molecular formula is C40H50N3O8S+. The molecule has 11 nitrogen and oxygen atoms in total. The van der Waals surface area contributed by atoms with Gasteiger partial charge in [-0.2, -0.15) is 8.42 Å². The average molecular weight is 733 g/mol. The normalized spacial score (nSPS) is 11.5.